The molecule has 5 rings (SSSR count). The van der Waals surface area contributed by atoms with E-state index in [-0.39, 0.29) is 0 Å². The highest BCUT2D eigenvalue weighted by atomic mass is 16.5. The van der Waals surface area contributed by atoms with Crippen molar-refractivity contribution in [3.05, 3.63) is 47.2 Å². The van der Waals surface area contributed by atoms with Crippen molar-refractivity contribution < 1.29 is 9.15 Å². The van der Waals surface area contributed by atoms with Gasteiger partial charge < -0.3 is 9.15 Å². The molecule has 2 nitrogen and oxygen atoms in total. The lowest BCUT2D eigenvalue weighted by Crippen LogP contribution is -2.06. The average molecular weight is 294 g/mol. The monoisotopic (exact) mass is 294 g/mol. The molecule has 3 atom stereocenters. The van der Waals surface area contributed by atoms with Gasteiger partial charge >= 0.3 is 0 Å². The van der Waals surface area contributed by atoms with Gasteiger partial charge in [0.1, 0.15) is 11.5 Å². The number of fused-ring (bicyclic) bond motifs is 2. The smallest absolute Gasteiger partial charge is 0.137 e. The maximum atomic E-state index is 6.49. The van der Waals surface area contributed by atoms with Crippen LogP contribution in [0.5, 0.6) is 0 Å². The van der Waals surface area contributed by atoms with E-state index in [1.54, 1.807) is 0 Å². The topological polar surface area (TPSA) is 22.4 Å². The zero-order valence-electron chi connectivity index (χ0n) is 12.9. The molecule has 0 amide bonds. The second kappa shape index (κ2) is 4.99. The van der Waals surface area contributed by atoms with Crippen LogP contribution in [0, 0.1) is 5.92 Å². The molecule has 1 saturated carbocycles. The third kappa shape index (κ3) is 1.90. The maximum Gasteiger partial charge on any atom is 0.137 e. The number of benzene rings is 1. The van der Waals surface area contributed by atoms with Crippen LogP contribution in [0.15, 0.2) is 34.7 Å². The van der Waals surface area contributed by atoms with E-state index in [9.17, 15) is 0 Å². The normalized spacial score (nSPS) is 29.7. The van der Waals surface area contributed by atoms with E-state index in [4.69, 9.17) is 9.15 Å². The highest BCUT2D eigenvalue weighted by Gasteiger charge is 2.56. The van der Waals surface area contributed by atoms with E-state index in [1.165, 1.54) is 61.0 Å². The minimum atomic E-state index is 0.439. The van der Waals surface area contributed by atoms with Gasteiger partial charge in [-0.05, 0) is 50.0 Å². The summed E-state index contributed by atoms with van der Waals surface area (Å²) in [5, 5.41) is 0. The van der Waals surface area contributed by atoms with Crippen molar-refractivity contribution in [2.75, 3.05) is 6.61 Å². The number of hydrogen-bond donors (Lipinski definition) is 0. The van der Waals surface area contributed by atoms with E-state index in [1.807, 2.05) is 0 Å². The highest BCUT2D eigenvalue weighted by molar-refractivity contribution is 5.65. The zero-order chi connectivity index (χ0) is 14.5. The van der Waals surface area contributed by atoms with E-state index < -0.39 is 0 Å². The Morgan fingerprint density at radius 1 is 0.909 bits per heavy atom. The predicted molar refractivity (Wildman–Crippen MR) is 86.0 cm³/mol. The Hall–Kier alpha value is -1.54. The van der Waals surface area contributed by atoms with E-state index >= 15 is 0 Å². The molecule has 1 aromatic carbocycles. The largest absolute Gasteiger partial charge is 0.460 e. The summed E-state index contributed by atoms with van der Waals surface area (Å²) in [5.74, 6) is 3.65. The Morgan fingerprint density at radius 3 is 2.50 bits per heavy atom. The minimum Gasteiger partial charge on any atom is -0.460 e. The van der Waals surface area contributed by atoms with Crippen molar-refractivity contribution in [2.45, 2.75) is 50.5 Å². The number of ether oxygens (including phenoxy) is 1. The fourth-order valence-electron chi connectivity index (χ4n) is 4.55. The van der Waals surface area contributed by atoms with Gasteiger partial charge in [-0.3, -0.25) is 0 Å². The molecule has 0 N–H and O–H groups in total. The fraction of sp³-hybridized carbons (Fsp3) is 0.500. The molecule has 114 valence electrons. The van der Waals surface area contributed by atoms with E-state index in [2.05, 4.69) is 30.3 Å². The van der Waals surface area contributed by atoms with Gasteiger partial charge in [-0.15, -0.1) is 0 Å². The molecule has 0 spiro atoms. The predicted octanol–water partition coefficient (Wildman–Crippen LogP) is 4.72. The third-order valence-corrected chi connectivity index (χ3v) is 5.68. The lowest BCUT2D eigenvalue weighted by Gasteiger charge is -2.12. The van der Waals surface area contributed by atoms with Gasteiger partial charge in [0.05, 0.1) is 6.10 Å². The van der Waals surface area contributed by atoms with Crippen LogP contribution in [-0.2, 0) is 17.6 Å². The lowest BCUT2D eigenvalue weighted by molar-refractivity contribution is 0.0775. The molecule has 3 aliphatic rings. The van der Waals surface area contributed by atoms with Crippen LogP contribution in [0.1, 0.15) is 48.5 Å². The van der Waals surface area contributed by atoms with Crippen molar-refractivity contribution in [3.63, 3.8) is 0 Å². The molecule has 2 heteroatoms. The summed E-state index contributed by atoms with van der Waals surface area (Å²) in [6.45, 7) is 0.937. The molecule has 22 heavy (non-hydrogen) atoms. The lowest BCUT2D eigenvalue weighted by atomic mass is 9.89. The molecular weight excluding hydrogens is 272 g/mol. The van der Waals surface area contributed by atoms with Crippen LogP contribution in [-0.4, -0.2) is 12.7 Å². The SMILES string of the molecule is c1ccc(-c2oc([C@H]3[C@H]4CCCO[C@H]43)c3c2CCCC3)cc1. The van der Waals surface area contributed by atoms with Crippen molar-refractivity contribution >= 4 is 0 Å². The van der Waals surface area contributed by atoms with Crippen LogP contribution in [0.25, 0.3) is 11.3 Å². The summed E-state index contributed by atoms with van der Waals surface area (Å²) in [5.41, 5.74) is 4.24. The molecule has 1 aliphatic heterocycles. The van der Waals surface area contributed by atoms with Crippen molar-refractivity contribution in [1.82, 2.24) is 0 Å². The summed E-state index contributed by atoms with van der Waals surface area (Å²) in [6.07, 6.45) is 7.92. The first kappa shape index (κ1) is 13.0. The summed E-state index contributed by atoms with van der Waals surface area (Å²) in [7, 11) is 0. The molecular formula is C20H22O2. The first-order chi connectivity index (χ1) is 10.9. The van der Waals surface area contributed by atoms with Crippen LogP contribution in [0.3, 0.4) is 0 Å². The molecule has 0 unspecified atom stereocenters. The second-order valence-electron chi connectivity index (χ2n) is 6.99. The number of rotatable bonds is 2. The molecule has 0 radical (unpaired) electrons. The van der Waals surface area contributed by atoms with Gasteiger partial charge in [-0.2, -0.15) is 0 Å². The van der Waals surface area contributed by atoms with E-state index in [0.29, 0.717) is 12.0 Å². The molecule has 0 bridgehead atoms. The second-order valence-corrected chi connectivity index (χ2v) is 6.99. The molecule has 2 fully saturated rings. The van der Waals surface area contributed by atoms with Crippen molar-refractivity contribution in [1.29, 1.82) is 0 Å². The maximum absolute atomic E-state index is 6.49. The Morgan fingerprint density at radius 2 is 1.73 bits per heavy atom. The number of furan rings is 1. The molecule has 2 aromatic rings. The molecule has 2 heterocycles. The van der Waals surface area contributed by atoms with Crippen LogP contribution < -0.4 is 0 Å². The standard InChI is InChI=1S/C20H22O2/c1-2-7-13(8-3-1)18-14-9-4-5-10-15(14)20(22-18)17-16-11-6-12-21-19(16)17/h1-3,7-8,16-17,19H,4-6,9-12H2/t16-,17+,19-/m1/s1. The summed E-state index contributed by atoms with van der Waals surface area (Å²) >= 11 is 0. The zero-order valence-corrected chi connectivity index (χ0v) is 12.9. The minimum absolute atomic E-state index is 0.439. The highest BCUT2D eigenvalue weighted by Crippen LogP contribution is 2.57. The first-order valence-corrected chi connectivity index (χ1v) is 8.75. The third-order valence-electron chi connectivity index (χ3n) is 5.68. The van der Waals surface area contributed by atoms with Gasteiger partial charge in [0, 0.05) is 23.7 Å². The van der Waals surface area contributed by atoms with Gasteiger partial charge in [0.15, 0.2) is 0 Å². The Bertz CT molecular complexity index is 673. The molecule has 2 aliphatic carbocycles. The summed E-state index contributed by atoms with van der Waals surface area (Å²) in [6, 6.07) is 10.6. The summed E-state index contributed by atoms with van der Waals surface area (Å²) in [4.78, 5) is 0. The quantitative estimate of drug-likeness (QED) is 0.799. The van der Waals surface area contributed by atoms with Gasteiger partial charge in [-0.1, -0.05) is 30.3 Å². The van der Waals surface area contributed by atoms with Crippen LogP contribution in [0.4, 0.5) is 0 Å². The van der Waals surface area contributed by atoms with Gasteiger partial charge in [0.2, 0.25) is 0 Å². The first-order valence-electron chi connectivity index (χ1n) is 8.75. The fourth-order valence-corrected chi connectivity index (χ4v) is 4.55. The Labute approximate surface area is 131 Å². The van der Waals surface area contributed by atoms with Gasteiger partial charge in [-0.25, -0.2) is 0 Å². The Balaban J connectivity index is 1.59. The van der Waals surface area contributed by atoms with E-state index in [0.717, 1.165) is 18.3 Å². The van der Waals surface area contributed by atoms with Crippen LogP contribution in [0.2, 0.25) is 0 Å². The molecule has 1 aromatic heterocycles. The molecule has 1 saturated heterocycles. The number of hydrogen-bond acceptors (Lipinski definition) is 2. The average Bonchev–Trinajstić information content (AvgIpc) is 3.20. The Kier molecular flexibility index (Phi) is 2.94. The van der Waals surface area contributed by atoms with Crippen molar-refractivity contribution in [3.8, 4) is 11.3 Å². The van der Waals surface area contributed by atoms with Gasteiger partial charge in [0.25, 0.3) is 0 Å². The summed E-state index contributed by atoms with van der Waals surface area (Å²) < 4.78 is 12.5. The van der Waals surface area contributed by atoms with Crippen molar-refractivity contribution in [2.24, 2.45) is 5.92 Å². The van der Waals surface area contributed by atoms with Crippen LogP contribution >= 0.6 is 0 Å².